The second-order valence-electron chi connectivity index (χ2n) is 7.09. The predicted molar refractivity (Wildman–Crippen MR) is 109 cm³/mol. The number of carbonyl (C=O) groups excluding carboxylic acids is 1. The Morgan fingerprint density at radius 3 is 2.50 bits per heavy atom. The molecule has 0 saturated heterocycles. The molecular weight excluding hydrogens is 374 g/mol. The van der Waals surface area contributed by atoms with E-state index < -0.39 is 9.84 Å². The number of pyridine rings is 1. The summed E-state index contributed by atoms with van der Waals surface area (Å²) in [6.07, 6.45) is 3.25. The van der Waals surface area contributed by atoms with E-state index in [9.17, 15) is 13.2 Å². The van der Waals surface area contributed by atoms with E-state index in [4.69, 9.17) is 0 Å². The number of para-hydroxylation sites is 1. The van der Waals surface area contributed by atoms with E-state index in [0.717, 1.165) is 29.3 Å². The lowest BCUT2D eigenvalue weighted by Gasteiger charge is -2.12. The molecule has 0 radical (unpaired) electrons. The van der Waals surface area contributed by atoms with Crippen molar-refractivity contribution in [3.63, 3.8) is 0 Å². The highest BCUT2D eigenvalue weighted by molar-refractivity contribution is 7.90. The van der Waals surface area contributed by atoms with Gasteiger partial charge in [-0.05, 0) is 42.7 Å². The third-order valence-electron chi connectivity index (χ3n) is 4.70. The molecule has 6 nitrogen and oxygen atoms in total. The largest absolute Gasteiger partial charge is 0.366 e. The molecule has 1 saturated carbocycles. The second kappa shape index (κ2) is 7.24. The van der Waals surface area contributed by atoms with Gasteiger partial charge in [0.1, 0.15) is 5.82 Å². The normalized spacial score (nSPS) is 14.0. The minimum absolute atomic E-state index is 0.0818. The minimum atomic E-state index is -3.21. The number of benzene rings is 2. The van der Waals surface area contributed by atoms with Gasteiger partial charge < -0.3 is 10.6 Å². The number of hydrogen-bond donors (Lipinski definition) is 2. The number of nitrogens with one attached hydrogen (secondary N) is 2. The summed E-state index contributed by atoms with van der Waals surface area (Å²) < 4.78 is 23.1. The van der Waals surface area contributed by atoms with Gasteiger partial charge in [0.15, 0.2) is 9.84 Å². The fraction of sp³-hybridized carbons (Fsp3) is 0.238. The summed E-state index contributed by atoms with van der Waals surface area (Å²) >= 11 is 0. The third-order valence-corrected chi connectivity index (χ3v) is 5.83. The van der Waals surface area contributed by atoms with Crippen LogP contribution in [0.25, 0.3) is 10.9 Å². The highest BCUT2D eigenvalue weighted by Gasteiger charge is 2.25. The third kappa shape index (κ3) is 4.14. The lowest BCUT2D eigenvalue weighted by atomic mass is 10.1. The van der Waals surface area contributed by atoms with E-state index >= 15 is 0 Å². The molecule has 1 fully saturated rings. The molecule has 28 heavy (non-hydrogen) atoms. The van der Waals surface area contributed by atoms with Crippen LogP contribution < -0.4 is 10.6 Å². The monoisotopic (exact) mass is 395 g/mol. The molecule has 0 spiro atoms. The van der Waals surface area contributed by atoms with Gasteiger partial charge in [0.25, 0.3) is 5.91 Å². The lowest BCUT2D eigenvalue weighted by Crippen LogP contribution is -2.25. The van der Waals surface area contributed by atoms with Gasteiger partial charge in [-0.2, -0.15) is 0 Å². The molecule has 0 unspecified atom stereocenters. The number of sulfone groups is 1. The molecule has 0 aliphatic heterocycles. The van der Waals surface area contributed by atoms with Crippen molar-refractivity contribution in [1.29, 1.82) is 0 Å². The summed E-state index contributed by atoms with van der Waals surface area (Å²) in [6, 6.07) is 16.3. The van der Waals surface area contributed by atoms with Gasteiger partial charge in [-0.15, -0.1) is 0 Å². The second-order valence-corrected chi connectivity index (χ2v) is 9.11. The first-order valence-corrected chi connectivity index (χ1v) is 11.0. The van der Waals surface area contributed by atoms with Gasteiger partial charge in [-0.1, -0.05) is 30.3 Å². The van der Waals surface area contributed by atoms with Crippen molar-refractivity contribution in [3.8, 4) is 0 Å². The molecule has 2 aromatic carbocycles. The number of hydrogen-bond acceptors (Lipinski definition) is 5. The zero-order valence-corrected chi connectivity index (χ0v) is 16.3. The van der Waals surface area contributed by atoms with Crippen LogP contribution in [0.5, 0.6) is 0 Å². The van der Waals surface area contributed by atoms with Crippen LogP contribution in [-0.2, 0) is 16.4 Å². The quantitative estimate of drug-likeness (QED) is 0.669. The first-order chi connectivity index (χ1) is 13.4. The molecule has 1 aromatic heterocycles. The molecule has 2 N–H and O–H groups in total. The molecule has 1 aliphatic carbocycles. The number of aromatic nitrogens is 1. The Morgan fingerprint density at radius 1 is 1.11 bits per heavy atom. The first kappa shape index (κ1) is 18.4. The molecule has 7 heteroatoms. The van der Waals surface area contributed by atoms with Crippen molar-refractivity contribution in [2.45, 2.75) is 30.3 Å². The van der Waals surface area contributed by atoms with E-state index in [-0.39, 0.29) is 11.9 Å². The van der Waals surface area contributed by atoms with Crippen molar-refractivity contribution in [3.05, 3.63) is 65.7 Å². The Hall–Kier alpha value is -2.93. The zero-order valence-electron chi connectivity index (χ0n) is 15.5. The van der Waals surface area contributed by atoms with Crippen LogP contribution in [0.4, 0.5) is 5.82 Å². The maximum Gasteiger partial charge on any atom is 0.252 e. The highest BCUT2D eigenvalue weighted by Crippen LogP contribution is 2.24. The molecule has 144 valence electrons. The Labute approximate surface area is 163 Å². The van der Waals surface area contributed by atoms with Gasteiger partial charge in [-0.3, -0.25) is 4.79 Å². The maximum atomic E-state index is 12.6. The molecule has 4 rings (SSSR count). The fourth-order valence-electron chi connectivity index (χ4n) is 2.99. The molecule has 3 aromatic rings. The molecular formula is C21H21N3O3S. The number of nitrogens with zero attached hydrogens (tertiary/aromatic N) is 1. The number of anilines is 1. The van der Waals surface area contributed by atoms with E-state index in [1.807, 2.05) is 24.3 Å². The van der Waals surface area contributed by atoms with Crippen LogP contribution in [0.3, 0.4) is 0 Å². The van der Waals surface area contributed by atoms with E-state index in [1.165, 1.54) is 6.26 Å². The van der Waals surface area contributed by atoms with Crippen LogP contribution in [-0.4, -0.2) is 31.6 Å². The van der Waals surface area contributed by atoms with Crippen molar-refractivity contribution in [1.82, 2.24) is 10.3 Å². The summed E-state index contributed by atoms with van der Waals surface area (Å²) in [5.41, 5.74) is 2.28. The van der Waals surface area contributed by atoms with E-state index in [2.05, 4.69) is 15.6 Å². The van der Waals surface area contributed by atoms with Crippen LogP contribution >= 0.6 is 0 Å². The standard InChI is InChI=1S/C21H21N3O3S/c1-28(26,27)16-10-6-14(7-11-16)13-22-20-12-18(21(25)23-15-8-9-15)17-4-2-3-5-19(17)24-20/h2-7,10-12,15H,8-9,13H2,1H3,(H,22,24)(H,23,25). The number of carbonyl (C=O) groups is 1. The number of amides is 1. The number of rotatable bonds is 6. The Morgan fingerprint density at radius 2 is 1.82 bits per heavy atom. The first-order valence-electron chi connectivity index (χ1n) is 9.14. The number of fused-ring (bicyclic) bond motifs is 1. The van der Waals surface area contributed by atoms with Crippen LogP contribution in [0.15, 0.2) is 59.5 Å². The van der Waals surface area contributed by atoms with Gasteiger partial charge in [-0.25, -0.2) is 13.4 Å². The Kier molecular flexibility index (Phi) is 4.77. The Balaban J connectivity index is 1.57. The molecule has 1 aliphatic rings. The lowest BCUT2D eigenvalue weighted by molar-refractivity contribution is 0.0952. The van der Waals surface area contributed by atoms with Crippen LogP contribution in [0.2, 0.25) is 0 Å². The smallest absolute Gasteiger partial charge is 0.252 e. The van der Waals surface area contributed by atoms with Crippen LogP contribution in [0, 0.1) is 0 Å². The van der Waals surface area contributed by atoms with E-state index in [1.54, 1.807) is 30.3 Å². The average molecular weight is 395 g/mol. The van der Waals surface area contributed by atoms with Gasteiger partial charge >= 0.3 is 0 Å². The summed E-state index contributed by atoms with van der Waals surface area (Å²) in [7, 11) is -3.21. The van der Waals surface area contributed by atoms with Crippen molar-refractivity contribution in [2.75, 3.05) is 11.6 Å². The van der Waals surface area contributed by atoms with E-state index in [0.29, 0.717) is 22.8 Å². The zero-order chi connectivity index (χ0) is 19.7. The van der Waals surface area contributed by atoms with Gasteiger partial charge in [0.05, 0.1) is 16.0 Å². The summed E-state index contributed by atoms with van der Waals surface area (Å²) in [5.74, 6) is 0.522. The molecule has 1 amide bonds. The molecule has 0 atom stereocenters. The van der Waals surface area contributed by atoms with Crippen LogP contribution in [0.1, 0.15) is 28.8 Å². The highest BCUT2D eigenvalue weighted by atomic mass is 32.2. The molecule has 0 bridgehead atoms. The topological polar surface area (TPSA) is 88.2 Å². The van der Waals surface area contributed by atoms with Gasteiger partial charge in [0, 0.05) is 24.2 Å². The summed E-state index contributed by atoms with van der Waals surface area (Å²) in [4.78, 5) is 17.5. The predicted octanol–water partition coefficient (Wildman–Crippen LogP) is 3.14. The average Bonchev–Trinajstić information content (AvgIpc) is 3.49. The maximum absolute atomic E-state index is 12.6. The summed E-state index contributed by atoms with van der Waals surface area (Å²) in [6.45, 7) is 0.471. The SMILES string of the molecule is CS(=O)(=O)c1ccc(CNc2cc(C(=O)NC3CC3)c3ccccc3n2)cc1. The van der Waals surface area contributed by atoms with Crippen molar-refractivity contribution in [2.24, 2.45) is 0 Å². The Bertz CT molecular complexity index is 1140. The van der Waals surface area contributed by atoms with Gasteiger partial charge in [0.2, 0.25) is 0 Å². The fourth-order valence-corrected chi connectivity index (χ4v) is 3.62. The van der Waals surface area contributed by atoms with Crippen molar-refractivity contribution < 1.29 is 13.2 Å². The molecule has 1 heterocycles. The minimum Gasteiger partial charge on any atom is -0.366 e. The van der Waals surface area contributed by atoms with Crippen molar-refractivity contribution >= 4 is 32.5 Å². The summed E-state index contributed by atoms with van der Waals surface area (Å²) in [5, 5.41) is 7.09.